The quantitative estimate of drug-likeness (QED) is 0.134. The number of rotatable bonds is 16. The second-order valence-corrected chi connectivity index (χ2v) is 55.9. The van der Waals surface area contributed by atoms with Crippen molar-refractivity contribution in [2.75, 3.05) is 0 Å². The highest BCUT2D eigenvalue weighted by Crippen LogP contribution is 2.20. The van der Waals surface area contributed by atoms with Crippen molar-refractivity contribution in [2.45, 2.75) is 157 Å². The van der Waals surface area contributed by atoms with E-state index in [-0.39, 0.29) is 0 Å². The molecule has 3 aromatic carbocycles. The van der Waals surface area contributed by atoms with Crippen LogP contribution in [0.25, 0.3) is 0 Å². The van der Waals surface area contributed by atoms with Gasteiger partial charge in [-0.25, -0.2) is 0 Å². The monoisotopic (exact) mass is 856 g/mol. The standard InChI is InChI=1S/C27H50O2Si5.C15H30OSi3/c1-13-14-23-34(12,26-19-15-24(16-20-26)32(8,9)28-30(2,3)4)27-21-17-25(18-22-27)33(10,11)29-31(5,6)7;1-9-18(5,6)16-19(7,8)15-12-10-14(11-13-15)17(2,3)4/h15-22H,13-14,23H2,1-12H3;10-13H,9H2,1-8H3. The van der Waals surface area contributed by atoms with E-state index >= 15 is 0 Å². The van der Waals surface area contributed by atoms with Crippen LogP contribution in [0.4, 0.5) is 0 Å². The van der Waals surface area contributed by atoms with Gasteiger partial charge in [0.15, 0.2) is 25.0 Å². The Morgan fingerprint density at radius 3 is 0.925 bits per heavy atom. The summed E-state index contributed by atoms with van der Waals surface area (Å²) in [4.78, 5) is 0. The minimum Gasteiger partial charge on any atom is -0.452 e. The summed E-state index contributed by atoms with van der Waals surface area (Å²) in [7, 11) is -13.1. The molecule has 0 fully saturated rings. The lowest BCUT2D eigenvalue weighted by atomic mass is 10.3. The number of benzene rings is 3. The van der Waals surface area contributed by atoms with Crippen LogP contribution in [0.5, 0.6) is 0 Å². The maximum absolute atomic E-state index is 6.65. The Balaban J connectivity index is 0.000000432. The summed E-state index contributed by atoms with van der Waals surface area (Å²) in [5, 5.41) is 8.89. The Labute approximate surface area is 336 Å². The zero-order valence-electron chi connectivity index (χ0n) is 38.0. The summed E-state index contributed by atoms with van der Waals surface area (Å²) in [5.41, 5.74) is 0. The molecule has 0 radical (unpaired) electrons. The fourth-order valence-electron chi connectivity index (χ4n) is 7.31. The zero-order valence-corrected chi connectivity index (χ0v) is 46.0. The average molecular weight is 858 g/mol. The number of hydrogen-bond donors (Lipinski definition) is 0. The van der Waals surface area contributed by atoms with Crippen LogP contribution >= 0.6 is 0 Å². The van der Waals surface area contributed by atoms with Crippen LogP contribution in [-0.4, -0.2) is 66.1 Å². The van der Waals surface area contributed by atoms with Gasteiger partial charge in [-0.1, -0.05) is 141 Å². The highest BCUT2D eigenvalue weighted by molar-refractivity contribution is 7.01. The summed E-state index contributed by atoms with van der Waals surface area (Å²) in [6, 6.07) is 31.0. The van der Waals surface area contributed by atoms with Gasteiger partial charge < -0.3 is 12.3 Å². The molecule has 298 valence electrons. The minimum absolute atomic E-state index is 1.19. The molecule has 53 heavy (non-hydrogen) atoms. The first kappa shape index (κ1) is 48.4. The predicted octanol–water partition coefficient (Wildman–Crippen LogP) is 10.1. The summed E-state index contributed by atoms with van der Waals surface area (Å²) < 4.78 is 19.9. The van der Waals surface area contributed by atoms with E-state index in [2.05, 4.69) is 204 Å². The lowest BCUT2D eigenvalue weighted by molar-refractivity contribution is 0.557. The Hall–Kier alpha value is -0.725. The Morgan fingerprint density at radius 1 is 0.377 bits per heavy atom. The second kappa shape index (κ2) is 18.2. The first-order valence-corrected chi connectivity index (χ1v) is 45.2. The van der Waals surface area contributed by atoms with E-state index in [0.717, 1.165) is 0 Å². The summed E-state index contributed by atoms with van der Waals surface area (Å²) in [5.74, 6) is 0. The topological polar surface area (TPSA) is 27.7 Å². The van der Waals surface area contributed by atoms with Gasteiger partial charge in [0.2, 0.25) is 25.0 Å². The highest BCUT2D eigenvalue weighted by atomic mass is 28.4. The third kappa shape index (κ3) is 14.9. The van der Waals surface area contributed by atoms with Gasteiger partial charge >= 0.3 is 0 Å². The normalized spacial score (nSPS) is 13.8. The molecule has 0 spiro atoms. The molecular formula is C42H80O3Si8. The fourth-order valence-corrected chi connectivity index (χ4v) is 34.9. The second-order valence-electron chi connectivity index (χ2n) is 20.6. The van der Waals surface area contributed by atoms with Crippen molar-refractivity contribution in [1.82, 2.24) is 0 Å². The van der Waals surface area contributed by atoms with Gasteiger partial charge in [0.25, 0.3) is 0 Å². The molecule has 0 aromatic heterocycles. The highest BCUT2D eigenvalue weighted by Gasteiger charge is 2.37. The van der Waals surface area contributed by atoms with Gasteiger partial charge in [0.1, 0.15) is 8.07 Å². The van der Waals surface area contributed by atoms with E-state index in [4.69, 9.17) is 12.3 Å². The van der Waals surface area contributed by atoms with Crippen LogP contribution in [-0.2, 0) is 12.3 Å². The number of hydrogen-bond acceptors (Lipinski definition) is 3. The summed E-state index contributed by atoms with van der Waals surface area (Å²) in [6.45, 7) is 46.8. The fraction of sp³-hybridized carbons (Fsp3) is 0.571. The Bertz CT molecular complexity index is 1490. The SMILES string of the molecule is CCCC[Si](C)(c1ccc([Si](C)(C)O[Si](C)(C)C)cc1)c1ccc([Si](C)(C)O[Si](C)(C)C)cc1.CC[Si](C)(C)O[Si](C)(C)c1ccc([Si](C)(C)C)cc1. The predicted molar refractivity (Wildman–Crippen MR) is 262 cm³/mol. The molecule has 0 aliphatic rings. The first-order valence-electron chi connectivity index (χ1n) is 20.3. The largest absolute Gasteiger partial charge is 0.452 e. The van der Waals surface area contributed by atoms with Gasteiger partial charge in [0, 0.05) is 0 Å². The zero-order chi connectivity index (χ0) is 40.9. The molecule has 0 aliphatic carbocycles. The molecule has 3 nitrogen and oxygen atoms in total. The van der Waals surface area contributed by atoms with Crippen molar-refractivity contribution in [3.05, 3.63) is 72.8 Å². The summed E-state index contributed by atoms with van der Waals surface area (Å²) >= 11 is 0. The van der Waals surface area contributed by atoms with E-state index < -0.39 is 66.1 Å². The minimum atomic E-state index is -1.88. The molecule has 0 saturated carbocycles. The molecular weight excluding hydrogens is 777 g/mol. The van der Waals surface area contributed by atoms with Crippen LogP contribution in [0.1, 0.15) is 26.7 Å². The molecule has 3 aromatic rings. The molecule has 0 N–H and O–H groups in total. The van der Waals surface area contributed by atoms with Gasteiger partial charge in [-0.3, -0.25) is 0 Å². The molecule has 11 heteroatoms. The molecule has 0 bridgehead atoms. The average Bonchev–Trinajstić information content (AvgIpc) is 3.01. The first-order chi connectivity index (χ1) is 23.9. The van der Waals surface area contributed by atoms with Crippen molar-refractivity contribution in [3.63, 3.8) is 0 Å². The Kier molecular flexibility index (Phi) is 16.7. The van der Waals surface area contributed by atoms with Gasteiger partial charge in [-0.15, -0.1) is 0 Å². The maximum Gasteiger partial charge on any atom is 0.205 e. The van der Waals surface area contributed by atoms with E-state index in [1.807, 2.05) is 0 Å². The van der Waals surface area contributed by atoms with Crippen LogP contribution < -0.4 is 31.1 Å². The van der Waals surface area contributed by atoms with E-state index in [9.17, 15) is 0 Å². The lowest BCUT2D eigenvalue weighted by Gasteiger charge is -2.34. The molecule has 0 aliphatic heterocycles. The van der Waals surface area contributed by atoms with Gasteiger partial charge in [-0.2, -0.15) is 0 Å². The van der Waals surface area contributed by atoms with Crippen LogP contribution in [0.2, 0.25) is 130 Å². The van der Waals surface area contributed by atoms with Crippen LogP contribution in [0, 0.1) is 0 Å². The maximum atomic E-state index is 6.65. The van der Waals surface area contributed by atoms with E-state index in [1.165, 1.54) is 45.7 Å². The molecule has 3 rings (SSSR count). The van der Waals surface area contributed by atoms with E-state index in [0.29, 0.717) is 0 Å². The van der Waals surface area contributed by atoms with Crippen molar-refractivity contribution >= 4 is 97.2 Å². The van der Waals surface area contributed by atoms with Crippen LogP contribution in [0.15, 0.2) is 72.8 Å². The van der Waals surface area contributed by atoms with Crippen molar-refractivity contribution in [1.29, 1.82) is 0 Å². The van der Waals surface area contributed by atoms with Crippen molar-refractivity contribution < 1.29 is 12.3 Å². The van der Waals surface area contributed by atoms with Crippen molar-refractivity contribution in [3.8, 4) is 0 Å². The smallest absolute Gasteiger partial charge is 0.205 e. The van der Waals surface area contributed by atoms with Crippen molar-refractivity contribution in [2.24, 2.45) is 0 Å². The molecule has 0 heterocycles. The lowest BCUT2D eigenvalue weighted by Crippen LogP contribution is -2.57. The molecule has 0 saturated heterocycles. The van der Waals surface area contributed by atoms with Crippen LogP contribution in [0.3, 0.4) is 0 Å². The summed E-state index contributed by atoms with van der Waals surface area (Å²) in [6.07, 6.45) is 2.52. The molecule has 0 unspecified atom stereocenters. The van der Waals surface area contributed by atoms with Gasteiger partial charge in [0.05, 0.1) is 8.07 Å². The van der Waals surface area contributed by atoms with Gasteiger partial charge in [-0.05, 0) is 119 Å². The Morgan fingerprint density at radius 2 is 0.660 bits per heavy atom. The van der Waals surface area contributed by atoms with E-state index in [1.54, 1.807) is 10.4 Å². The molecule has 0 amide bonds. The third-order valence-corrected chi connectivity index (χ3v) is 37.2. The number of unbranched alkanes of at least 4 members (excludes halogenated alkanes) is 1. The third-order valence-electron chi connectivity index (χ3n) is 10.4. The molecule has 0 atom stereocenters.